The molecule has 0 saturated heterocycles. The topological polar surface area (TPSA) is 114 Å². The molecule has 0 saturated carbocycles. The number of carbonyl (C=O) groups excluding carboxylic acids is 1. The van der Waals surface area contributed by atoms with Crippen molar-refractivity contribution < 1.29 is 28.9 Å². The lowest BCUT2D eigenvalue weighted by atomic mass is 9.90. The van der Waals surface area contributed by atoms with Crippen molar-refractivity contribution >= 4 is 11.9 Å². The Bertz CT molecular complexity index is 1200. The molecule has 2 aromatic carbocycles. The molecule has 8 nitrogen and oxygen atoms in total. The van der Waals surface area contributed by atoms with E-state index in [9.17, 15) is 24.2 Å². The molecule has 9 heteroatoms. The van der Waals surface area contributed by atoms with Crippen molar-refractivity contribution in [2.24, 2.45) is 5.41 Å². The number of halogens is 1. The highest BCUT2D eigenvalue weighted by Gasteiger charge is 2.26. The Morgan fingerprint density at radius 3 is 2.43 bits per heavy atom. The minimum atomic E-state index is -1.07. The van der Waals surface area contributed by atoms with Crippen molar-refractivity contribution in [3.8, 4) is 11.6 Å². The van der Waals surface area contributed by atoms with Crippen LogP contribution in [-0.4, -0.2) is 44.6 Å². The van der Waals surface area contributed by atoms with Gasteiger partial charge in [0.2, 0.25) is 5.88 Å². The first-order valence-electron chi connectivity index (χ1n) is 11.2. The number of hydrogen-bond donors (Lipinski definition) is 3. The van der Waals surface area contributed by atoms with Gasteiger partial charge in [-0.05, 0) is 35.6 Å². The van der Waals surface area contributed by atoms with Crippen LogP contribution >= 0.6 is 0 Å². The number of para-hydroxylation sites is 1. The third kappa shape index (κ3) is 6.45. The molecular formula is C26H30FN3O5. The molecule has 0 aliphatic rings. The van der Waals surface area contributed by atoms with Crippen LogP contribution in [0.1, 0.15) is 54.8 Å². The molecule has 3 rings (SSSR count). The van der Waals surface area contributed by atoms with Gasteiger partial charge in [-0.15, -0.1) is 0 Å². The molecule has 0 bridgehead atoms. The summed E-state index contributed by atoms with van der Waals surface area (Å²) in [5.41, 5.74) is 1.02. The summed E-state index contributed by atoms with van der Waals surface area (Å²) in [6.07, 6.45) is -1.16. The first-order valence-corrected chi connectivity index (χ1v) is 11.2. The summed E-state index contributed by atoms with van der Waals surface area (Å²) >= 11 is 0. The number of aliphatic hydroxyl groups excluding tert-OH is 1. The summed E-state index contributed by atoms with van der Waals surface area (Å²) in [7, 11) is 0. The first-order chi connectivity index (χ1) is 16.5. The number of ether oxygens (including phenoxy) is 1. The zero-order valence-electron chi connectivity index (χ0n) is 20.2. The van der Waals surface area contributed by atoms with E-state index < -0.39 is 35.3 Å². The number of nitrogens with one attached hydrogen (secondary N) is 1. The quantitative estimate of drug-likeness (QED) is 0.423. The average Bonchev–Trinajstić information content (AvgIpc) is 3.21. The fourth-order valence-corrected chi connectivity index (χ4v) is 3.41. The Balaban J connectivity index is 1.94. The van der Waals surface area contributed by atoms with E-state index in [0.717, 1.165) is 10.2 Å². The van der Waals surface area contributed by atoms with Crippen LogP contribution in [0.15, 0.2) is 54.6 Å². The zero-order valence-corrected chi connectivity index (χ0v) is 20.2. The molecule has 1 aromatic heterocycles. The molecule has 3 N–H and O–H groups in total. The second-order valence-electron chi connectivity index (χ2n) is 9.40. The summed E-state index contributed by atoms with van der Waals surface area (Å²) < 4.78 is 21.4. The summed E-state index contributed by atoms with van der Waals surface area (Å²) in [5.74, 6) is -2.23. The molecule has 0 aliphatic heterocycles. The number of benzene rings is 2. The van der Waals surface area contributed by atoms with Gasteiger partial charge in [-0.3, -0.25) is 9.59 Å². The highest BCUT2D eigenvalue weighted by molar-refractivity contribution is 5.93. The number of aliphatic hydroxyl groups is 1. The summed E-state index contributed by atoms with van der Waals surface area (Å²) in [4.78, 5) is 24.6. The molecule has 0 radical (unpaired) electrons. The molecule has 2 unspecified atom stereocenters. The molecule has 0 aliphatic carbocycles. The van der Waals surface area contributed by atoms with Gasteiger partial charge in [-0.1, -0.05) is 57.2 Å². The first kappa shape index (κ1) is 25.9. The molecule has 2 atom stereocenters. The van der Waals surface area contributed by atoms with Gasteiger partial charge in [0.1, 0.15) is 18.1 Å². The van der Waals surface area contributed by atoms with E-state index in [1.54, 1.807) is 18.2 Å². The third-order valence-corrected chi connectivity index (χ3v) is 5.63. The van der Waals surface area contributed by atoms with Gasteiger partial charge in [-0.2, -0.15) is 9.78 Å². The van der Waals surface area contributed by atoms with Crippen LogP contribution in [0.4, 0.5) is 4.39 Å². The third-order valence-electron chi connectivity index (χ3n) is 5.63. The lowest BCUT2D eigenvalue weighted by molar-refractivity contribution is -0.137. The summed E-state index contributed by atoms with van der Waals surface area (Å²) in [5, 5.41) is 26.7. The smallest absolute Gasteiger partial charge is 0.305 e. The summed E-state index contributed by atoms with van der Waals surface area (Å²) in [6, 6.07) is 13.6. The van der Waals surface area contributed by atoms with E-state index in [1.807, 2.05) is 39.8 Å². The van der Waals surface area contributed by atoms with Crippen LogP contribution in [0.5, 0.6) is 5.88 Å². The predicted molar refractivity (Wildman–Crippen MR) is 128 cm³/mol. The van der Waals surface area contributed by atoms with Crippen LogP contribution in [0.2, 0.25) is 0 Å². The number of nitrogens with zero attached hydrogens (tertiary/aromatic N) is 2. The van der Waals surface area contributed by atoms with Crippen molar-refractivity contribution in [3.05, 3.63) is 77.2 Å². The number of aliphatic carboxylic acids is 1. The maximum Gasteiger partial charge on any atom is 0.305 e. The number of carboxylic acid groups (broad SMARTS) is 1. The largest absolute Gasteiger partial charge is 0.481 e. The average molecular weight is 484 g/mol. The minimum Gasteiger partial charge on any atom is -0.481 e. The second-order valence-corrected chi connectivity index (χ2v) is 9.40. The molecule has 0 fully saturated rings. The molecular weight excluding hydrogens is 453 g/mol. The molecule has 1 amide bonds. The number of aromatic nitrogens is 2. The van der Waals surface area contributed by atoms with Crippen molar-refractivity contribution in [2.45, 2.75) is 46.3 Å². The molecule has 0 spiro atoms. The SMILES string of the molecule is Cc1ccccc1C(CC(=O)O)NC(=O)c1cc(OCC(O)C(C)(C)C)n(-c2ccccc2F)n1. The van der Waals surface area contributed by atoms with E-state index in [2.05, 4.69) is 10.4 Å². The van der Waals surface area contributed by atoms with Crippen molar-refractivity contribution in [2.75, 3.05) is 6.61 Å². The Morgan fingerprint density at radius 2 is 1.80 bits per heavy atom. The van der Waals surface area contributed by atoms with Crippen molar-refractivity contribution in [1.29, 1.82) is 0 Å². The number of amides is 1. The Kier molecular flexibility index (Phi) is 7.91. The van der Waals surface area contributed by atoms with Crippen LogP contribution in [0, 0.1) is 18.2 Å². The monoisotopic (exact) mass is 483 g/mol. The van der Waals surface area contributed by atoms with Gasteiger partial charge in [0.05, 0.1) is 18.6 Å². The van der Waals surface area contributed by atoms with Crippen LogP contribution < -0.4 is 10.1 Å². The number of hydrogen-bond acceptors (Lipinski definition) is 5. The lowest BCUT2D eigenvalue weighted by Gasteiger charge is -2.25. The molecule has 1 heterocycles. The number of carbonyl (C=O) groups is 2. The summed E-state index contributed by atoms with van der Waals surface area (Å²) in [6.45, 7) is 7.28. The number of aryl methyl sites for hydroxylation is 1. The van der Waals surface area contributed by atoms with Gasteiger partial charge in [0.15, 0.2) is 5.69 Å². The van der Waals surface area contributed by atoms with E-state index >= 15 is 0 Å². The van der Waals surface area contributed by atoms with E-state index in [4.69, 9.17) is 4.74 Å². The predicted octanol–water partition coefficient (Wildman–Crippen LogP) is 4.05. The molecule has 186 valence electrons. The van der Waals surface area contributed by atoms with Gasteiger partial charge >= 0.3 is 5.97 Å². The maximum absolute atomic E-state index is 14.5. The standard InChI is InChI=1S/C26H30FN3O5/c1-16-9-5-6-10-17(16)19(14-24(32)33)28-25(34)20-13-23(35-15-22(31)26(2,3)4)30(29-20)21-12-8-7-11-18(21)27/h5-13,19,22,31H,14-15H2,1-4H3,(H,28,34)(H,32,33). The number of rotatable bonds is 9. The fourth-order valence-electron chi connectivity index (χ4n) is 3.41. The van der Waals surface area contributed by atoms with E-state index in [0.29, 0.717) is 5.56 Å². The van der Waals surface area contributed by atoms with Crippen molar-refractivity contribution in [1.82, 2.24) is 15.1 Å². The van der Waals surface area contributed by atoms with E-state index in [-0.39, 0.29) is 30.3 Å². The van der Waals surface area contributed by atoms with Gasteiger partial charge in [0, 0.05) is 6.07 Å². The Morgan fingerprint density at radius 1 is 1.14 bits per heavy atom. The molecule has 3 aromatic rings. The van der Waals surface area contributed by atoms with Crippen LogP contribution in [-0.2, 0) is 4.79 Å². The minimum absolute atomic E-state index is 0.0628. The van der Waals surface area contributed by atoms with Crippen LogP contribution in [0.25, 0.3) is 5.69 Å². The highest BCUT2D eigenvalue weighted by atomic mass is 19.1. The highest BCUT2D eigenvalue weighted by Crippen LogP contribution is 2.26. The Hall–Kier alpha value is -3.72. The number of carboxylic acids is 1. The zero-order chi connectivity index (χ0) is 25.8. The lowest BCUT2D eigenvalue weighted by Crippen LogP contribution is -2.32. The second kappa shape index (κ2) is 10.7. The van der Waals surface area contributed by atoms with Gasteiger partial charge < -0.3 is 20.3 Å². The Labute approximate surface area is 203 Å². The van der Waals surface area contributed by atoms with E-state index in [1.165, 1.54) is 24.3 Å². The maximum atomic E-state index is 14.5. The van der Waals surface area contributed by atoms with Crippen molar-refractivity contribution in [3.63, 3.8) is 0 Å². The normalized spacial score (nSPS) is 13.2. The van der Waals surface area contributed by atoms with Gasteiger partial charge in [-0.25, -0.2) is 4.39 Å². The van der Waals surface area contributed by atoms with Gasteiger partial charge in [0.25, 0.3) is 5.91 Å². The fraction of sp³-hybridized carbons (Fsp3) is 0.346. The molecule has 35 heavy (non-hydrogen) atoms. The van der Waals surface area contributed by atoms with Crippen LogP contribution in [0.3, 0.4) is 0 Å².